The first-order chi connectivity index (χ1) is 20.1. The molecule has 0 saturated carbocycles. The molecule has 2 heteroatoms. The molecule has 0 amide bonds. The molecule has 2 heterocycles. The van der Waals surface area contributed by atoms with Gasteiger partial charge in [-0.05, 0) is 57.1 Å². The van der Waals surface area contributed by atoms with E-state index in [1.807, 2.05) is 12.3 Å². The first kappa shape index (κ1) is 23.8. The van der Waals surface area contributed by atoms with Gasteiger partial charge in [0.05, 0.1) is 16.7 Å². The number of aromatic nitrogens is 2. The molecule has 0 aliphatic heterocycles. The average molecular weight is 525 g/mol. The molecule has 0 saturated heterocycles. The van der Waals surface area contributed by atoms with Crippen LogP contribution in [-0.4, -0.2) is 9.97 Å². The van der Waals surface area contributed by atoms with Crippen LogP contribution in [0.1, 0.15) is 25.0 Å². The molecule has 194 valence electrons. The summed E-state index contributed by atoms with van der Waals surface area (Å²) < 4.78 is 0. The van der Waals surface area contributed by atoms with E-state index in [1.54, 1.807) is 0 Å². The largest absolute Gasteiger partial charge is 0.256 e. The zero-order valence-corrected chi connectivity index (χ0v) is 23.1. The van der Waals surface area contributed by atoms with Crippen LogP contribution >= 0.6 is 0 Å². The van der Waals surface area contributed by atoms with Gasteiger partial charge >= 0.3 is 0 Å². The van der Waals surface area contributed by atoms with Gasteiger partial charge in [0.2, 0.25) is 0 Å². The van der Waals surface area contributed by atoms with E-state index in [-0.39, 0.29) is 5.41 Å². The average Bonchev–Trinajstić information content (AvgIpc) is 3.26. The minimum absolute atomic E-state index is 0.135. The Morgan fingerprint density at radius 2 is 1.12 bits per heavy atom. The molecular weight excluding hydrogens is 496 g/mol. The molecule has 0 radical (unpaired) electrons. The molecule has 8 rings (SSSR count). The van der Waals surface area contributed by atoms with Crippen molar-refractivity contribution in [2.75, 3.05) is 0 Å². The van der Waals surface area contributed by atoms with E-state index in [1.165, 1.54) is 49.9 Å². The first-order valence-electron chi connectivity index (χ1n) is 14.2. The maximum atomic E-state index is 5.19. The lowest BCUT2D eigenvalue weighted by atomic mass is 9.78. The standard InChI is InChI=1S/C39H28N2/c1-39(2)33-12-6-4-10-31(33)38-37(39)36(32-11-5-8-14-35(32)41-38)28-21-19-26(20-22-28)25-15-17-27(18-16-25)30-23-29-9-3-7-13-34(29)40-24-30/h3-24H,1-2H3. The molecule has 5 aromatic carbocycles. The van der Waals surface area contributed by atoms with Crippen molar-refractivity contribution >= 4 is 21.8 Å². The van der Waals surface area contributed by atoms with Crippen LogP contribution in [0.2, 0.25) is 0 Å². The maximum Gasteiger partial charge on any atom is 0.0759 e. The van der Waals surface area contributed by atoms with E-state index in [4.69, 9.17) is 4.98 Å². The number of benzene rings is 5. The summed E-state index contributed by atoms with van der Waals surface area (Å²) in [5.74, 6) is 0. The van der Waals surface area contributed by atoms with Gasteiger partial charge in [-0.1, -0.05) is 123 Å². The van der Waals surface area contributed by atoms with Crippen molar-refractivity contribution in [2.24, 2.45) is 0 Å². The number of hydrogen-bond donors (Lipinski definition) is 0. The van der Waals surface area contributed by atoms with Gasteiger partial charge in [-0.3, -0.25) is 4.98 Å². The SMILES string of the molecule is CC1(C)c2ccccc2-c2nc3ccccc3c(-c3ccc(-c4ccc(-c5cnc6ccccc6c5)cc4)cc3)c21. The van der Waals surface area contributed by atoms with E-state index in [2.05, 4.69) is 140 Å². The summed E-state index contributed by atoms with van der Waals surface area (Å²) >= 11 is 0. The van der Waals surface area contributed by atoms with Crippen LogP contribution in [0.25, 0.3) is 66.4 Å². The number of rotatable bonds is 3. The third kappa shape index (κ3) is 3.72. The van der Waals surface area contributed by atoms with Gasteiger partial charge in [-0.15, -0.1) is 0 Å². The molecule has 0 bridgehead atoms. The van der Waals surface area contributed by atoms with Crippen molar-refractivity contribution in [3.63, 3.8) is 0 Å². The number of pyridine rings is 2. The maximum absolute atomic E-state index is 5.19. The van der Waals surface area contributed by atoms with Crippen molar-refractivity contribution in [1.82, 2.24) is 9.97 Å². The van der Waals surface area contributed by atoms with E-state index in [9.17, 15) is 0 Å². The highest BCUT2D eigenvalue weighted by molar-refractivity contribution is 6.02. The second-order valence-electron chi connectivity index (χ2n) is 11.5. The van der Waals surface area contributed by atoms with Crippen molar-refractivity contribution in [3.05, 3.63) is 145 Å². The molecule has 0 atom stereocenters. The molecule has 0 fully saturated rings. The lowest BCUT2D eigenvalue weighted by Gasteiger charge is -2.25. The summed E-state index contributed by atoms with van der Waals surface area (Å²) in [7, 11) is 0. The Hall–Kier alpha value is -5.08. The molecule has 2 nitrogen and oxygen atoms in total. The predicted molar refractivity (Wildman–Crippen MR) is 171 cm³/mol. The smallest absolute Gasteiger partial charge is 0.0759 e. The number of fused-ring (bicyclic) bond motifs is 5. The minimum Gasteiger partial charge on any atom is -0.256 e. The topological polar surface area (TPSA) is 25.8 Å². The normalized spacial score (nSPS) is 13.3. The summed E-state index contributed by atoms with van der Waals surface area (Å²) in [5, 5.41) is 2.36. The van der Waals surface area contributed by atoms with Crippen LogP contribution in [0.3, 0.4) is 0 Å². The quantitative estimate of drug-likeness (QED) is 0.230. The molecule has 2 aromatic heterocycles. The Morgan fingerprint density at radius 1 is 0.537 bits per heavy atom. The number of para-hydroxylation sites is 2. The highest BCUT2D eigenvalue weighted by Crippen LogP contribution is 2.53. The summed E-state index contributed by atoms with van der Waals surface area (Å²) in [5.41, 5.74) is 14.2. The van der Waals surface area contributed by atoms with E-state index in [0.717, 1.165) is 27.7 Å². The van der Waals surface area contributed by atoms with Gasteiger partial charge in [0.25, 0.3) is 0 Å². The summed E-state index contributed by atoms with van der Waals surface area (Å²) in [6.45, 7) is 4.66. The Balaban J connectivity index is 1.20. The van der Waals surface area contributed by atoms with Gasteiger partial charge in [-0.2, -0.15) is 0 Å². The second kappa shape index (κ2) is 8.97. The Bertz CT molecular complexity index is 2100. The Labute approximate surface area is 240 Å². The van der Waals surface area contributed by atoms with Crippen LogP contribution < -0.4 is 0 Å². The fourth-order valence-corrected chi connectivity index (χ4v) is 6.60. The second-order valence-corrected chi connectivity index (χ2v) is 11.5. The van der Waals surface area contributed by atoms with Crippen molar-refractivity contribution in [3.8, 4) is 44.6 Å². The minimum atomic E-state index is -0.135. The van der Waals surface area contributed by atoms with E-state index in [0.29, 0.717) is 0 Å². The molecule has 41 heavy (non-hydrogen) atoms. The van der Waals surface area contributed by atoms with Gasteiger partial charge in [0.15, 0.2) is 0 Å². The number of hydrogen-bond acceptors (Lipinski definition) is 2. The molecule has 1 aliphatic rings. The van der Waals surface area contributed by atoms with Crippen LogP contribution in [0.5, 0.6) is 0 Å². The molecule has 7 aromatic rings. The highest BCUT2D eigenvalue weighted by Gasteiger charge is 2.39. The lowest BCUT2D eigenvalue weighted by Crippen LogP contribution is -2.16. The Morgan fingerprint density at radius 3 is 1.88 bits per heavy atom. The van der Waals surface area contributed by atoms with Gasteiger partial charge in [0.1, 0.15) is 0 Å². The zero-order valence-electron chi connectivity index (χ0n) is 23.1. The third-order valence-electron chi connectivity index (χ3n) is 8.69. The van der Waals surface area contributed by atoms with Crippen LogP contribution in [0.15, 0.2) is 134 Å². The molecule has 0 N–H and O–H groups in total. The fraction of sp³-hybridized carbons (Fsp3) is 0.0769. The van der Waals surface area contributed by atoms with Gasteiger partial charge in [0, 0.05) is 33.5 Å². The van der Waals surface area contributed by atoms with E-state index >= 15 is 0 Å². The number of nitrogens with zero attached hydrogens (tertiary/aromatic N) is 2. The summed E-state index contributed by atoms with van der Waals surface area (Å²) in [6.07, 6.45) is 1.96. The molecule has 1 aliphatic carbocycles. The van der Waals surface area contributed by atoms with Crippen LogP contribution in [-0.2, 0) is 5.41 Å². The monoisotopic (exact) mass is 524 g/mol. The van der Waals surface area contributed by atoms with Crippen molar-refractivity contribution in [1.29, 1.82) is 0 Å². The van der Waals surface area contributed by atoms with Crippen molar-refractivity contribution < 1.29 is 0 Å². The van der Waals surface area contributed by atoms with Gasteiger partial charge in [-0.25, -0.2) is 4.98 Å². The molecule has 0 unspecified atom stereocenters. The van der Waals surface area contributed by atoms with Crippen molar-refractivity contribution in [2.45, 2.75) is 19.3 Å². The molecular formula is C39H28N2. The summed E-state index contributed by atoms with van der Waals surface area (Å²) in [6, 6.07) is 45.6. The fourth-order valence-electron chi connectivity index (χ4n) is 6.60. The van der Waals surface area contributed by atoms with Gasteiger partial charge < -0.3 is 0 Å². The van der Waals surface area contributed by atoms with Crippen LogP contribution in [0.4, 0.5) is 0 Å². The lowest BCUT2D eigenvalue weighted by molar-refractivity contribution is 0.662. The van der Waals surface area contributed by atoms with Crippen LogP contribution in [0, 0.1) is 0 Å². The first-order valence-corrected chi connectivity index (χ1v) is 14.2. The third-order valence-corrected chi connectivity index (χ3v) is 8.69. The predicted octanol–water partition coefficient (Wildman–Crippen LogP) is 10.1. The van der Waals surface area contributed by atoms with E-state index < -0.39 is 0 Å². The Kier molecular flexibility index (Phi) is 5.20. The summed E-state index contributed by atoms with van der Waals surface area (Å²) in [4.78, 5) is 9.83. The molecule has 0 spiro atoms. The highest BCUT2D eigenvalue weighted by atomic mass is 14.7. The zero-order chi connectivity index (χ0) is 27.6.